The SMILES string of the molecule is c1ccc(-c2cccc(-c3nc(-c4ccccc4)nc(-c4cccc5c4oc4cc(-n6c7ccccc7c7ccc(-c8ccccc8)cc76)ccc45)n3)c2)cc1. The van der Waals surface area contributed by atoms with Crippen LogP contribution >= 0.6 is 0 Å². The Bertz CT molecular complexity index is 3240. The van der Waals surface area contributed by atoms with E-state index in [1.165, 1.54) is 21.9 Å². The number of hydrogen-bond donors (Lipinski definition) is 0. The molecular weight excluding hydrogens is 685 g/mol. The van der Waals surface area contributed by atoms with E-state index in [-0.39, 0.29) is 0 Å². The fraction of sp³-hybridized carbons (Fsp3) is 0. The van der Waals surface area contributed by atoms with Gasteiger partial charge in [0.15, 0.2) is 17.5 Å². The smallest absolute Gasteiger partial charge is 0.167 e. The van der Waals surface area contributed by atoms with E-state index in [1.807, 2.05) is 42.5 Å². The number of fused-ring (bicyclic) bond motifs is 6. The lowest BCUT2D eigenvalue weighted by Gasteiger charge is -2.10. The van der Waals surface area contributed by atoms with Gasteiger partial charge < -0.3 is 8.98 Å². The maximum Gasteiger partial charge on any atom is 0.167 e. The first-order valence-electron chi connectivity index (χ1n) is 18.8. The summed E-state index contributed by atoms with van der Waals surface area (Å²) in [6.07, 6.45) is 0. The van der Waals surface area contributed by atoms with Crippen LogP contribution in [0.4, 0.5) is 0 Å². The molecule has 5 nitrogen and oxygen atoms in total. The minimum absolute atomic E-state index is 0.555. The van der Waals surface area contributed by atoms with Crippen molar-refractivity contribution in [2.45, 2.75) is 0 Å². The summed E-state index contributed by atoms with van der Waals surface area (Å²) in [7, 11) is 0. The van der Waals surface area contributed by atoms with Crippen molar-refractivity contribution in [3.05, 3.63) is 194 Å². The highest BCUT2D eigenvalue weighted by Gasteiger charge is 2.20. The van der Waals surface area contributed by atoms with Crippen molar-refractivity contribution in [1.82, 2.24) is 19.5 Å². The Labute approximate surface area is 322 Å². The van der Waals surface area contributed by atoms with Crippen LogP contribution in [0.3, 0.4) is 0 Å². The summed E-state index contributed by atoms with van der Waals surface area (Å²) < 4.78 is 9.19. The molecule has 0 aliphatic heterocycles. The second-order valence-corrected chi connectivity index (χ2v) is 14.0. The number of aromatic nitrogens is 4. The third-order valence-electron chi connectivity index (χ3n) is 10.7. The van der Waals surface area contributed by atoms with E-state index < -0.39 is 0 Å². The molecule has 5 heteroatoms. The van der Waals surface area contributed by atoms with Gasteiger partial charge in [0.1, 0.15) is 11.2 Å². The largest absolute Gasteiger partial charge is 0.455 e. The molecule has 0 saturated heterocycles. The van der Waals surface area contributed by atoms with E-state index in [9.17, 15) is 0 Å². The molecule has 3 heterocycles. The Kier molecular flexibility index (Phi) is 7.42. The maximum atomic E-state index is 6.85. The van der Waals surface area contributed by atoms with Crippen LogP contribution in [0.2, 0.25) is 0 Å². The number of rotatable bonds is 6. The first kappa shape index (κ1) is 31.9. The van der Waals surface area contributed by atoms with Crippen LogP contribution in [0.25, 0.3) is 106 Å². The van der Waals surface area contributed by atoms with E-state index in [4.69, 9.17) is 19.4 Å². The number of para-hydroxylation sites is 2. The summed E-state index contributed by atoms with van der Waals surface area (Å²) in [5.41, 5.74) is 12.1. The minimum atomic E-state index is 0.555. The fourth-order valence-corrected chi connectivity index (χ4v) is 7.97. The predicted molar refractivity (Wildman–Crippen MR) is 229 cm³/mol. The lowest BCUT2D eigenvalue weighted by molar-refractivity contribution is 0.669. The van der Waals surface area contributed by atoms with Gasteiger partial charge in [-0.25, -0.2) is 15.0 Å². The molecule has 0 saturated carbocycles. The normalized spacial score (nSPS) is 11.6. The molecule has 8 aromatic carbocycles. The zero-order chi connectivity index (χ0) is 37.0. The molecule has 0 aliphatic rings. The van der Waals surface area contributed by atoms with E-state index in [1.54, 1.807) is 0 Å². The van der Waals surface area contributed by atoms with Crippen molar-refractivity contribution in [3.63, 3.8) is 0 Å². The monoisotopic (exact) mass is 716 g/mol. The molecule has 0 unspecified atom stereocenters. The van der Waals surface area contributed by atoms with Gasteiger partial charge in [-0.2, -0.15) is 0 Å². The predicted octanol–water partition coefficient (Wildman–Crippen LogP) is 13.2. The molecule has 0 spiro atoms. The van der Waals surface area contributed by atoms with Gasteiger partial charge in [0.25, 0.3) is 0 Å². The van der Waals surface area contributed by atoms with E-state index in [2.05, 4.69) is 156 Å². The Morgan fingerprint density at radius 1 is 0.339 bits per heavy atom. The van der Waals surface area contributed by atoms with Crippen molar-refractivity contribution in [2.75, 3.05) is 0 Å². The Balaban J connectivity index is 1.08. The molecule has 0 fully saturated rings. The summed E-state index contributed by atoms with van der Waals surface area (Å²) in [4.78, 5) is 15.2. The summed E-state index contributed by atoms with van der Waals surface area (Å²) in [5, 5.41) is 4.46. The van der Waals surface area contributed by atoms with Gasteiger partial charge in [0.05, 0.1) is 16.6 Å². The third-order valence-corrected chi connectivity index (χ3v) is 10.7. The molecule has 262 valence electrons. The van der Waals surface area contributed by atoms with Gasteiger partial charge in [0, 0.05) is 44.4 Å². The van der Waals surface area contributed by atoms with Crippen LogP contribution in [0.15, 0.2) is 199 Å². The summed E-state index contributed by atoms with van der Waals surface area (Å²) in [6, 6.07) is 67.4. The van der Waals surface area contributed by atoms with E-state index >= 15 is 0 Å². The molecular formula is C51H32N4O. The summed E-state index contributed by atoms with van der Waals surface area (Å²) in [6.45, 7) is 0. The second-order valence-electron chi connectivity index (χ2n) is 14.0. The lowest BCUT2D eigenvalue weighted by Crippen LogP contribution is -2.00. The minimum Gasteiger partial charge on any atom is -0.455 e. The standard InChI is InChI=1S/C51H32N4O/c1-4-14-33(15-5-1)36-20-12-21-38(30-36)50-52-49(35-18-8-3-9-19-35)53-51(54-50)44-24-13-23-43-42-29-27-39(32-47(42)56-48(43)44)55-45-25-11-10-22-40(45)41-28-26-37(31-46(41)55)34-16-6-2-7-17-34/h1-32H. The van der Waals surface area contributed by atoms with Crippen molar-refractivity contribution >= 4 is 43.7 Å². The molecule has 0 atom stereocenters. The first-order valence-corrected chi connectivity index (χ1v) is 18.8. The Morgan fingerprint density at radius 3 is 1.66 bits per heavy atom. The average Bonchev–Trinajstić information content (AvgIpc) is 3.82. The van der Waals surface area contributed by atoms with E-state index in [0.717, 1.165) is 66.5 Å². The topological polar surface area (TPSA) is 56.7 Å². The van der Waals surface area contributed by atoms with Gasteiger partial charge in [-0.1, -0.05) is 152 Å². The zero-order valence-electron chi connectivity index (χ0n) is 30.2. The van der Waals surface area contributed by atoms with Crippen LogP contribution < -0.4 is 0 Å². The average molecular weight is 717 g/mol. The molecule has 3 aromatic heterocycles. The number of nitrogens with zero attached hydrogens (tertiary/aromatic N) is 4. The molecule has 0 amide bonds. The summed E-state index contributed by atoms with van der Waals surface area (Å²) in [5.74, 6) is 1.76. The Morgan fingerprint density at radius 2 is 0.893 bits per heavy atom. The molecule has 0 N–H and O–H groups in total. The number of furan rings is 1. The maximum absolute atomic E-state index is 6.85. The van der Waals surface area contributed by atoms with Crippen molar-refractivity contribution in [3.8, 4) is 62.1 Å². The van der Waals surface area contributed by atoms with Crippen LogP contribution in [-0.4, -0.2) is 19.5 Å². The molecule has 11 rings (SSSR count). The zero-order valence-corrected chi connectivity index (χ0v) is 30.2. The number of benzene rings is 8. The van der Waals surface area contributed by atoms with Crippen LogP contribution in [-0.2, 0) is 0 Å². The highest BCUT2D eigenvalue weighted by molar-refractivity contribution is 6.12. The molecule has 0 radical (unpaired) electrons. The third kappa shape index (κ3) is 5.37. The fourth-order valence-electron chi connectivity index (χ4n) is 7.97. The molecule has 11 aromatic rings. The highest BCUT2D eigenvalue weighted by Crippen LogP contribution is 2.39. The second kappa shape index (κ2) is 13.0. The lowest BCUT2D eigenvalue weighted by atomic mass is 10.0. The van der Waals surface area contributed by atoms with E-state index in [0.29, 0.717) is 17.5 Å². The van der Waals surface area contributed by atoms with Gasteiger partial charge in [-0.3, -0.25) is 0 Å². The van der Waals surface area contributed by atoms with Gasteiger partial charge in [-0.05, 0) is 58.7 Å². The van der Waals surface area contributed by atoms with Crippen LogP contribution in [0, 0.1) is 0 Å². The molecule has 0 bridgehead atoms. The molecule has 56 heavy (non-hydrogen) atoms. The summed E-state index contributed by atoms with van der Waals surface area (Å²) >= 11 is 0. The van der Waals surface area contributed by atoms with Crippen LogP contribution in [0.1, 0.15) is 0 Å². The Hall–Kier alpha value is -7.63. The first-order chi connectivity index (χ1) is 27.7. The number of hydrogen-bond acceptors (Lipinski definition) is 4. The van der Waals surface area contributed by atoms with Crippen LogP contribution in [0.5, 0.6) is 0 Å². The van der Waals surface area contributed by atoms with Crippen molar-refractivity contribution < 1.29 is 4.42 Å². The molecule has 0 aliphatic carbocycles. The van der Waals surface area contributed by atoms with Crippen molar-refractivity contribution in [2.24, 2.45) is 0 Å². The highest BCUT2D eigenvalue weighted by atomic mass is 16.3. The van der Waals surface area contributed by atoms with Gasteiger partial charge in [-0.15, -0.1) is 0 Å². The van der Waals surface area contributed by atoms with Gasteiger partial charge >= 0.3 is 0 Å². The quantitative estimate of drug-likeness (QED) is 0.172. The van der Waals surface area contributed by atoms with Crippen molar-refractivity contribution in [1.29, 1.82) is 0 Å². The van der Waals surface area contributed by atoms with Gasteiger partial charge in [0.2, 0.25) is 0 Å².